The van der Waals surface area contributed by atoms with Gasteiger partial charge in [0.1, 0.15) is 0 Å². The quantitative estimate of drug-likeness (QED) is 0.766. The van der Waals surface area contributed by atoms with Crippen LogP contribution in [0.1, 0.15) is 51.0 Å². The van der Waals surface area contributed by atoms with Crippen LogP contribution in [0.15, 0.2) is 46.8 Å². The lowest BCUT2D eigenvalue weighted by Crippen LogP contribution is -2.39. The van der Waals surface area contributed by atoms with Crippen LogP contribution in [-0.4, -0.2) is 11.6 Å². The Morgan fingerprint density at radius 1 is 0.875 bits per heavy atom. The number of hydrogen-bond acceptors (Lipinski definition) is 3. The van der Waals surface area contributed by atoms with Crippen molar-refractivity contribution in [2.45, 2.75) is 52.4 Å². The Hall–Kier alpha value is -2.16. The summed E-state index contributed by atoms with van der Waals surface area (Å²) in [5, 5.41) is 0. The maximum Gasteiger partial charge on any atom is 0.161 e. The van der Waals surface area contributed by atoms with E-state index in [9.17, 15) is 9.59 Å². The first-order chi connectivity index (χ1) is 11.6. The number of benzene rings is 1. The molecule has 4 rings (SSSR count). The van der Waals surface area contributed by atoms with Gasteiger partial charge in [-0.05, 0) is 44.2 Å². The topological polar surface area (TPSA) is 37.4 Å². The minimum atomic E-state index is -0.0455. The van der Waals surface area contributed by atoms with E-state index in [1.807, 2.05) is 19.1 Å². The van der Waals surface area contributed by atoms with Crippen molar-refractivity contribution in [3.63, 3.8) is 0 Å². The van der Waals surface area contributed by atoms with Crippen LogP contribution in [0.3, 0.4) is 0 Å². The van der Waals surface area contributed by atoms with Crippen molar-refractivity contribution in [1.29, 1.82) is 0 Å². The highest BCUT2D eigenvalue weighted by Gasteiger charge is 2.41. The van der Waals surface area contributed by atoms with Gasteiger partial charge in [-0.15, -0.1) is 0 Å². The Balaban J connectivity index is 1.97. The van der Waals surface area contributed by atoms with Gasteiger partial charge in [0.05, 0.1) is 0 Å². The van der Waals surface area contributed by atoms with Gasteiger partial charge in [0.25, 0.3) is 0 Å². The van der Waals surface area contributed by atoms with E-state index >= 15 is 0 Å². The molecule has 0 saturated carbocycles. The van der Waals surface area contributed by atoms with Crippen LogP contribution >= 0.6 is 0 Å². The number of ketones is 2. The molecule has 0 fully saturated rings. The smallest absolute Gasteiger partial charge is 0.161 e. The first kappa shape index (κ1) is 15.4. The van der Waals surface area contributed by atoms with Crippen molar-refractivity contribution < 1.29 is 9.59 Å². The van der Waals surface area contributed by atoms with Gasteiger partial charge in [-0.1, -0.05) is 25.1 Å². The molecule has 3 heteroatoms. The largest absolute Gasteiger partial charge is 0.317 e. The molecule has 0 aromatic heterocycles. The van der Waals surface area contributed by atoms with E-state index < -0.39 is 0 Å². The zero-order valence-corrected chi connectivity index (χ0v) is 14.4. The fourth-order valence-electron chi connectivity index (χ4n) is 4.55. The highest BCUT2D eigenvalue weighted by atomic mass is 16.1. The number of rotatable bonds is 1. The Bertz CT molecular complexity index is 756. The predicted molar refractivity (Wildman–Crippen MR) is 94.6 cm³/mol. The van der Waals surface area contributed by atoms with Crippen molar-refractivity contribution in [1.82, 2.24) is 0 Å². The molecule has 0 amide bonds. The zero-order chi connectivity index (χ0) is 16.8. The normalized spacial score (nSPS) is 22.0. The first-order valence-electron chi connectivity index (χ1n) is 8.98. The Kier molecular flexibility index (Phi) is 3.67. The summed E-state index contributed by atoms with van der Waals surface area (Å²) in [5.74, 6) is 0.412. The van der Waals surface area contributed by atoms with Crippen LogP contribution in [0.2, 0.25) is 0 Å². The lowest BCUT2D eigenvalue weighted by Gasteiger charge is -2.43. The third-order valence-corrected chi connectivity index (χ3v) is 5.62. The number of aryl methyl sites for hydroxylation is 1. The highest BCUT2D eigenvalue weighted by Crippen LogP contribution is 2.47. The number of anilines is 1. The predicted octanol–water partition coefficient (Wildman–Crippen LogP) is 4.47. The molecule has 3 aliphatic rings. The van der Waals surface area contributed by atoms with Gasteiger partial charge in [-0.25, -0.2) is 0 Å². The molecule has 0 bridgehead atoms. The average Bonchev–Trinajstić information content (AvgIpc) is 2.56. The second-order valence-electron chi connectivity index (χ2n) is 7.12. The van der Waals surface area contributed by atoms with Crippen LogP contribution < -0.4 is 4.90 Å². The molecular weight excluding hydrogens is 298 g/mol. The summed E-state index contributed by atoms with van der Waals surface area (Å²) < 4.78 is 0. The molecule has 1 aromatic carbocycles. The Labute approximate surface area is 143 Å². The second-order valence-corrected chi connectivity index (χ2v) is 7.12. The summed E-state index contributed by atoms with van der Waals surface area (Å²) in [5.41, 5.74) is 6.36. The van der Waals surface area contributed by atoms with Crippen LogP contribution in [0.25, 0.3) is 0 Å². The van der Waals surface area contributed by atoms with E-state index in [0.717, 1.165) is 53.9 Å². The second kappa shape index (κ2) is 5.73. The maximum atomic E-state index is 12.7. The lowest BCUT2D eigenvalue weighted by molar-refractivity contribution is -0.117. The molecule has 24 heavy (non-hydrogen) atoms. The van der Waals surface area contributed by atoms with E-state index in [0.29, 0.717) is 12.8 Å². The number of para-hydroxylation sites is 1. The van der Waals surface area contributed by atoms with Gasteiger partial charge in [0, 0.05) is 47.0 Å². The molecular formula is C21H23NO2. The molecule has 0 atom stereocenters. The molecule has 0 unspecified atom stereocenters. The molecule has 2 aliphatic carbocycles. The number of Topliss-reactive ketones (excluding diaryl/α,β-unsaturated/α-hetero) is 2. The summed E-state index contributed by atoms with van der Waals surface area (Å²) in [7, 11) is 0. The standard InChI is InChI=1S/C21H23NO2/c1-13-7-3-4-8-15(13)22-16-9-5-11-18(23)20(16)14(2)21-17(22)10-6-12-19(21)24/h3-4,7-8,14H,5-6,9-12H2,1-2H3. The maximum absolute atomic E-state index is 12.7. The summed E-state index contributed by atoms with van der Waals surface area (Å²) >= 11 is 0. The molecule has 0 saturated heterocycles. The number of hydrogen-bond donors (Lipinski definition) is 0. The molecule has 1 aliphatic heterocycles. The number of carbonyl (C=O) groups is 2. The van der Waals surface area contributed by atoms with E-state index in [2.05, 4.69) is 24.0 Å². The number of allylic oxidation sites excluding steroid dienone is 4. The van der Waals surface area contributed by atoms with Crippen LogP contribution in [-0.2, 0) is 9.59 Å². The van der Waals surface area contributed by atoms with E-state index in [-0.39, 0.29) is 17.5 Å². The lowest BCUT2D eigenvalue weighted by atomic mass is 9.74. The number of nitrogens with zero attached hydrogens (tertiary/aromatic N) is 1. The SMILES string of the molecule is Cc1ccccc1N1C2=C(C(=O)CCC2)C(C)C2=C1CCCC2=O. The fourth-order valence-corrected chi connectivity index (χ4v) is 4.55. The van der Waals surface area contributed by atoms with Crippen molar-refractivity contribution in [2.75, 3.05) is 4.90 Å². The van der Waals surface area contributed by atoms with Gasteiger partial charge in [0.2, 0.25) is 0 Å². The summed E-state index contributed by atoms with van der Waals surface area (Å²) in [4.78, 5) is 27.6. The third kappa shape index (κ3) is 2.18. The van der Waals surface area contributed by atoms with E-state index in [1.54, 1.807) is 0 Å². The molecule has 0 N–H and O–H groups in total. The minimum Gasteiger partial charge on any atom is -0.317 e. The Morgan fingerprint density at radius 2 is 1.42 bits per heavy atom. The van der Waals surface area contributed by atoms with Gasteiger partial charge < -0.3 is 4.90 Å². The first-order valence-corrected chi connectivity index (χ1v) is 8.98. The summed E-state index contributed by atoms with van der Waals surface area (Å²) in [6.45, 7) is 4.15. The van der Waals surface area contributed by atoms with Gasteiger partial charge in [-0.2, -0.15) is 0 Å². The van der Waals surface area contributed by atoms with Crippen molar-refractivity contribution in [3.05, 3.63) is 52.4 Å². The van der Waals surface area contributed by atoms with E-state index in [1.165, 1.54) is 5.56 Å². The van der Waals surface area contributed by atoms with Gasteiger partial charge in [-0.3, -0.25) is 9.59 Å². The van der Waals surface area contributed by atoms with Gasteiger partial charge >= 0.3 is 0 Å². The Morgan fingerprint density at radius 3 is 1.96 bits per heavy atom. The fraction of sp³-hybridized carbons (Fsp3) is 0.429. The van der Waals surface area contributed by atoms with Crippen LogP contribution in [0.4, 0.5) is 5.69 Å². The average molecular weight is 321 g/mol. The molecule has 0 radical (unpaired) electrons. The van der Waals surface area contributed by atoms with Crippen molar-refractivity contribution in [3.8, 4) is 0 Å². The monoisotopic (exact) mass is 321 g/mol. The van der Waals surface area contributed by atoms with Gasteiger partial charge in [0.15, 0.2) is 11.6 Å². The molecule has 1 heterocycles. The third-order valence-electron chi connectivity index (χ3n) is 5.62. The zero-order valence-electron chi connectivity index (χ0n) is 14.4. The van der Waals surface area contributed by atoms with E-state index in [4.69, 9.17) is 0 Å². The minimum absolute atomic E-state index is 0.0455. The van der Waals surface area contributed by atoms with Crippen molar-refractivity contribution >= 4 is 17.3 Å². The number of carbonyl (C=O) groups excluding carboxylic acids is 2. The van der Waals surface area contributed by atoms with Crippen LogP contribution in [0.5, 0.6) is 0 Å². The van der Waals surface area contributed by atoms with Crippen molar-refractivity contribution in [2.24, 2.45) is 5.92 Å². The molecule has 124 valence electrons. The highest BCUT2D eigenvalue weighted by molar-refractivity contribution is 6.06. The molecule has 1 aromatic rings. The molecule has 3 nitrogen and oxygen atoms in total. The summed E-state index contributed by atoms with van der Waals surface area (Å²) in [6.07, 6.45) is 4.88. The van der Waals surface area contributed by atoms with Crippen LogP contribution in [0, 0.1) is 12.8 Å². The molecule has 0 spiro atoms. The summed E-state index contributed by atoms with van der Waals surface area (Å²) in [6, 6.07) is 8.28.